The van der Waals surface area contributed by atoms with Gasteiger partial charge < -0.3 is 51.0 Å². The number of ether oxygens (including phenoxy) is 4. The smallest absolute Gasteiger partial charge is 0.236 e. The number of hydrazine groups is 1. The SMILES string of the molecule is C=C(CCC(=O)N1Cc2ccccc2/C(N(N)CCOCCOCCOCCC(=O)NCC(N)=O)=C(/N)c2ccccc21)NC.COC. The second-order valence-electron chi connectivity index (χ2n) is 10.7. The Morgan fingerprint density at radius 1 is 0.875 bits per heavy atom. The summed E-state index contributed by atoms with van der Waals surface area (Å²) in [5.74, 6) is 5.68. The summed E-state index contributed by atoms with van der Waals surface area (Å²) < 4.78 is 20.9. The van der Waals surface area contributed by atoms with Crippen molar-refractivity contribution in [2.45, 2.75) is 25.8 Å². The van der Waals surface area contributed by atoms with E-state index in [4.69, 9.17) is 31.5 Å². The zero-order valence-electron chi connectivity index (χ0n) is 28.3. The fourth-order valence-corrected chi connectivity index (χ4v) is 4.66. The Hall–Kier alpha value is -4.47. The van der Waals surface area contributed by atoms with Gasteiger partial charge >= 0.3 is 0 Å². The lowest BCUT2D eigenvalue weighted by atomic mass is 9.95. The van der Waals surface area contributed by atoms with E-state index in [-0.39, 0.29) is 31.4 Å². The van der Waals surface area contributed by atoms with Gasteiger partial charge in [-0.1, -0.05) is 49.0 Å². The van der Waals surface area contributed by atoms with E-state index in [0.29, 0.717) is 70.4 Å². The Balaban J connectivity index is 0.00000257. The number of allylic oxidation sites excluding steroid dienone is 1. The largest absolute Gasteiger partial charge is 0.396 e. The van der Waals surface area contributed by atoms with Gasteiger partial charge in [0.25, 0.3) is 0 Å². The monoisotopic (exact) mass is 669 g/mol. The number of benzene rings is 2. The van der Waals surface area contributed by atoms with E-state index in [1.807, 2.05) is 48.5 Å². The molecule has 1 aliphatic rings. The number of primary amides is 1. The summed E-state index contributed by atoms with van der Waals surface area (Å²) in [6.45, 7) is 6.41. The van der Waals surface area contributed by atoms with Gasteiger partial charge in [-0.25, -0.2) is 5.84 Å². The van der Waals surface area contributed by atoms with Crippen molar-refractivity contribution in [3.05, 3.63) is 77.5 Å². The molecular formula is C34H51N7O7. The molecule has 0 unspecified atom stereocenters. The summed E-state index contributed by atoms with van der Waals surface area (Å²) in [6, 6.07) is 15.4. The topological polar surface area (TPSA) is 197 Å². The van der Waals surface area contributed by atoms with Crippen LogP contribution in [0.4, 0.5) is 5.69 Å². The van der Waals surface area contributed by atoms with Crippen LogP contribution in [0.3, 0.4) is 0 Å². The molecule has 48 heavy (non-hydrogen) atoms. The number of hydrogen-bond donors (Lipinski definition) is 5. The molecule has 264 valence electrons. The number of methoxy groups -OCH3 is 1. The number of hydrogen-bond acceptors (Lipinski definition) is 11. The molecule has 0 aromatic heterocycles. The average Bonchev–Trinajstić information content (AvgIpc) is 3.07. The van der Waals surface area contributed by atoms with Gasteiger partial charge in [0.2, 0.25) is 17.7 Å². The fourth-order valence-electron chi connectivity index (χ4n) is 4.66. The van der Waals surface area contributed by atoms with Crippen LogP contribution in [-0.4, -0.2) is 96.7 Å². The van der Waals surface area contributed by atoms with Gasteiger partial charge in [0, 0.05) is 50.9 Å². The number of carbonyl (C=O) groups is 3. The van der Waals surface area contributed by atoms with Crippen LogP contribution in [0.1, 0.15) is 36.0 Å². The van der Waals surface area contributed by atoms with Crippen LogP contribution in [-0.2, 0) is 39.9 Å². The standard InChI is InChI=1S/C32H45N7O6.C2H6O/c1-23(36-2)11-12-30(42)38-22-24-7-3-4-8-25(24)32(31(34)26-9-5-6-10-27(26)38)39(35)14-16-44-18-20-45-19-17-43-15-13-29(41)37-21-28(33)40;1-3-2/h3-10,36H,1,11-22,34-35H2,2H3,(H2,33,40)(H,37,41);1-2H3/b32-31-;. The van der Waals surface area contributed by atoms with Crippen LogP contribution in [0.5, 0.6) is 0 Å². The molecule has 0 fully saturated rings. The van der Waals surface area contributed by atoms with Crippen molar-refractivity contribution in [1.29, 1.82) is 0 Å². The lowest BCUT2D eigenvalue weighted by Crippen LogP contribution is -2.37. The summed E-state index contributed by atoms with van der Waals surface area (Å²) in [5, 5.41) is 6.98. The molecule has 1 heterocycles. The second kappa shape index (κ2) is 22.2. The first-order chi connectivity index (χ1) is 23.1. The van der Waals surface area contributed by atoms with E-state index in [2.05, 4.69) is 21.9 Å². The minimum absolute atomic E-state index is 0.0267. The number of carbonyl (C=O) groups excluding carboxylic acids is 3. The zero-order valence-corrected chi connectivity index (χ0v) is 28.3. The van der Waals surface area contributed by atoms with Gasteiger partial charge in [0.15, 0.2) is 0 Å². The molecule has 0 saturated carbocycles. The van der Waals surface area contributed by atoms with E-state index in [1.54, 1.807) is 31.2 Å². The Kier molecular flexibility index (Phi) is 18.3. The molecule has 8 N–H and O–H groups in total. The zero-order chi connectivity index (χ0) is 35.3. The number of para-hydroxylation sites is 1. The number of nitrogens with two attached hydrogens (primary N) is 3. The van der Waals surface area contributed by atoms with Crippen LogP contribution >= 0.6 is 0 Å². The predicted octanol–water partition coefficient (Wildman–Crippen LogP) is 1.31. The second-order valence-corrected chi connectivity index (χ2v) is 10.7. The van der Waals surface area contributed by atoms with Gasteiger partial charge in [-0.2, -0.15) is 0 Å². The Morgan fingerprint density at radius 2 is 1.46 bits per heavy atom. The van der Waals surface area contributed by atoms with E-state index in [1.165, 1.54) is 0 Å². The minimum atomic E-state index is -0.596. The molecule has 1 aliphatic heterocycles. The summed E-state index contributed by atoms with van der Waals surface area (Å²) in [4.78, 5) is 37.4. The maximum Gasteiger partial charge on any atom is 0.236 e. The highest BCUT2D eigenvalue weighted by molar-refractivity contribution is 6.01. The van der Waals surface area contributed by atoms with Crippen molar-refractivity contribution in [1.82, 2.24) is 15.6 Å². The van der Waals surface area contributed by atoms with Gasteiger partial charge in [0.05, 0.1) is 76.4 Å². The molecule has 3 amide bonds. The highest BCUT2D eigenvalue weighted by atomic mass is 16.5. The van der Waals surface area contributed by atoms with Crippen LogP contribution < -0.4 is 32.8 Å². The number of anilines is 1. The van der Waals surface area contributed by atoms with E-state index in [0.717, 1.165) is 28.1 Å². The minimum Gasteiger partial charge on any atom is -0.396 e. The van der Waals surface area contributed by atoms with Crippen molar-refractivity contribution >= 4 is 34.8 Å². The van der Waals surface area contributed by atoms with Crippen molar-refractivity contribution in [3.63, 3.8) is 0 Å². The molecule has 14 heteroatoms. The third-order valence-electron chi connectivity index (χ3n) is 7.08. The molecule has 3 rings (SSSR count). The van der Waals surface area contributed by atoms with Crippen molar-refractivity contribution in [2.24, 2.45) is 17.3 Å². The molecule has 2 aromatic carbocycles. The number of nitrogens with zero attached hydrogens (tertiary/aromatic N) is 2. The van der Waals surface area contributed by atoms with E-state index >= 15 is 0 Å². The number of nitrogens with one attached hydrogen (secondary N) is 2. The molecular weight excluding hydrogens is 618 g/mol. The summed E-state index contributed by atoms with van der Waals surface area (Å²) in [5.41, 5.74) is 16.9. The normalized spacial score (nSPS) is 13.5. The third kappa shape index (κ3) is 13.3. The van der Waals surface area contributed by atoms with Crippen molar-refractivity contribution in [3.8, 4) is 0 Å². The predicted molar refractivity (Wildman–Crippen MR) is 186 cm³/mol. The van der Waals surface area contributed by atoms with Crippen molar-refractivity contribution < 1.29 is 33.3 Å². The van der Waals surface area contributed by atoms with Gasteiger partial charge in [0.1, 0.15) is 0 Å². The maximum absolute atomic E-state index is 13.5. The van der Waals surface area contributed by atoms with E-state index in [9.17, 15) is 14.4 Å². The molecule has 0 radical (unpaired) electrons. The summed E-state index contributed by atoms with van der Waals surface area (Å²) in [7, 11) is 5.04. The Morgan fingerprint density at radius 3 is 2.10 bits per heavy atom. The molecule has 0 aliphatic carbocycles. The highest BCUT2D eigenvalue weighted by Gasteiger charge is 2.27. The van der Waals surface area contributed by atoms with E-state index < -0.39 is 5.91 Å². The van der Waals surface area contributed by atoms with Gasteiger partial charge in [-0.05, 0) is 18.1 Å². The average molecular weight is 670 g/mol. The first-order valence-electron chi connectivity index (χ1n) is 15.7. The van der Waals surface area contributed by atoms with Gasteiger partial charge in [-0.3, -0.25) is 14.4 Å². The quantitative estimate of drug-likeness (QED) is 0.0822. The Labute approximate surface area is 283 Å². The summed E-state index contributed by atoms with van der Waals surface area (Å²) >= 11 is 0. The van der Waals surface area contributed by atoms with Crippen molar-refractivity contribution in [2.75, 3.05) is 78.9 Å². The van der Waals surface area contributed by atoms with Crippen LogP contribution in [0.2, 0.25) is 0 Å². The fraction of sp³-hybridized carbons (Fsp3) is 0.441. The molecule has 0 bridgehead atoms. The number of rotatable bonds is 19. The number of fused-ring (bicyclic) bond motifs is 2. The highest BCUT2D eigenvalue weighted by Crippen LogP contribution is 2.36. The maximum atomic E-state index is 13.5. The molecule has 14 nitrogen and oxygen atoms in total. The molecule has 0 spiro atoms. The first kappa shape index (κ1) is 39.7. The van der Waals surface area contributed by atoms with Crippen LogP contribution in [0.25, 0.3) is 11.4 Å². The lowest BCUT2D eigenvalue weighted by molar-refractivity contribution is -0.125. The number of amides is 3. The first-order valence-corrected chi connectivity index (χ1v) is 15.7. The van der Waals surface area contributed by atoms with Crippen LogP contribution in [0.15, 0.2) is 60.8 Å². The van der Waals surface area contributed by atoms with Crippen LogP contribution in [0, 0.1) is 0 Å². The third-order valence-corrected chi connectivity index (χ3v) is 7.08. The van der Waals surface area contributed by atoms with Gasteiger partial charge in [-0.15, -0.1) is 0 Å². The molecule has 2 aromatic rings. The molecule has 0 saturated heterocycles. The lowest BCUT2D eigenvalue weighted by Gasteiger charge is -2.33. The summed E-state index contributed by atoms with van der Waals surface area (Å²) in [6.07, 6.45) is 0.970. The molecule has 0 atom stereocenters. The Bertz CT molecular complexity index is 1370.